The molecule has 0 radical (unpaired) electrons. The monoisotopic (exact) mass is 230 g/mol. The van der Waals surface area contributed by atoms with Crippen molar-refractivity contribution in [1.82, 2.24) is 4.90 Å². The quantitative estimate of drug-likeness (QED) is 0.698. The first kappa shape index (κ1) is 15.4. The predicted molar refractivity (Wildman–Crippen MR) is 66.2 cm³/mol. The van der Waals surface area contributed by atoms with Crippen LogP contribution in [0.5, 0.6) is 0 Å². The highest BCUT2D eigenvalue weighted by atomic mass is 16.5. The highest BCUT2D eigenvalue weighted by molar-refractivity contribution is 5.75. The molecule has 0 heterocycles. The first-order valence-corrected chi connectivity index (χ1v) is 5.87. The second kappa shape index (κ2) is 6.86. The Labute approximate surface area is 99.1 Å². The summed E-state index contributed by atoms with van der Waals surface area (Å²) in [5.74, 6) is -0.299. The van der Waals surface area contributed by atoms with E-state index in [1.165, 1.54) is 0 Å². The minimum absolute atomic E-state index is 0.267. The van der Waals surface area contributed by atoms with E-state index in [9.17, 15) is 4.79 Å². The second-order valence-corrected chi connectivity index (χ2v) is 5.45. The van der Waals surface area contributed by atoms with Crippen LogP contribution in [0.1, 0.15) is 34.1 Å². The van der Waals surface area contributed by atoms with Crippen LogP contribution in [0.4, 0.5) is 0 Å². The van der Waals surface area contributed by atoms with Crippen LogP contribution in [0, 0.1) is 5.41 Å². The first-order chi connectivity index (χ1) is 7.26. The van der Waals surface area contributed by atoms with Crippen molar-refractivity contribution in [3.8, 4) is 0 Å². The molecule has 4 nitrogen and oxygen atoms in total. The molecule has 4 heteroatoms. The van der Waals surface area contributed by atoms with Crippen molar-refractivity contribution < 1.29 is 9.53 Å². The lowest BCUT2D eigenvalue weighted by Gasteiger charge is -2.27. The Hall–Kier alpha value is -0.610. The molecule has 0 fully saturated rings. The highest BCUT2D eigenvalue weighted by Gasteiger charge is 2.17. The van der Waals surface area contributed by atoms with Crippen molar-refractivity contribution in [2.24, 2.45) is 11.1 Å². The van der Waals surface area contributed by atoms with E-state index in [-0.39, 0.29) is 11.4 Å². The Bertz CT molecular complexity index is 212. The highest BCUT2D eigenvalue weighted by Crippen LogP contribution is 2.14. The van der Waals surface area contributed by atoms with Gasteiger partial charge in [-0.2, -0.15) is 0 Å². The molecule has 2 N–H and O–H groups in total. The Balaban J connectivity index is 3.83. The summed E-state index contributed by atoms with van der Waals surface area (Å²) in [5.41, 5.74) is 5.98. The summed E-state index contributed by atoms with van der Waals surface area (Å²) in [7, 11) is 2.04. The van der Waals surface area contributed by atoms with Gasteiger partial charge in [-0.25, -0.2) is 0 Å². The van der Waals surface area contributed by atoms with Crippen LogP contribution in [0.3, 0.4) is 0 Å². The normalized spacial score (nSPS) is 13.9. The number of rotatable bonds is 6. The van der Waals surface area contributed by atoms with Gasteiger partial charge >= 0.3 is 5.97 Å². The van der Waals surface area contributed by atoms with E-state index in [0.717, 1.165) is 13.1 Å². The molecular formula is C12H26N2O2. The molecule has 0 aliphatic heterocycles. The van der Waals surface area contributed by atoms with Crippen molar-refractivity contribution >= 4 is 5.97 Å². The zero-order chi connectivity index (χ0) is 12.8. The molecule has 0 bridgehead atoms. The van der Waals surface area contributed by atoms with Gasteiger partial charge in [0.15, 0.2) is 0 Å². The molecule has 96 valence electrons. The van der Waals surface area contributed by atoms with Crippen molar-refractivity contribution in [2.45, 2.75) is 40.2 Å². The lowest BCUT2D eigenvalue weighted by Crippen LogP contribution is -2.37. The van der Waals surface area contributed by atoms with Gasteiger partial charge in [0.2, 0.25) is 0 Å². The molecule has 0 spiro atoms. The standard InChI is InChI=1S/C12H26N2O2/c1-6-16-11(15)10(13)7-8-14(5)9-12(2,3)4/h10H,6-9,13H2,1-5H3. The fraction of sp³-hybridized carbons (Fsp3) is 0.917. The first-order valence-electron chi connectivity index (χ1n) is 5.87. The number of nitrogens with zero attached hydrogens (tertiary/aromatic N) is 1. The third kappa shape index (κ3) is 7.65. The molecule has 0 aliphatic carbocycles. The van der Waals surface area contributed by atoms with Crippen molar-refractivity contribution in [1.29, 1.82) is 0 Å². The molecule has 0 amide bonds. The third-order valence-corrected chi connectivity index (χ3v) is 2.16. The maximum Gasteiger partial charge on any atom is 0.322 e. The largest absolute Gasteiger partial charge is 0.465 e. The Kier molecular flexibility index (Phi) is 6.60. The van der Waals surface area contributed by atoms with E-state index in [1.807, 2.05) is 7.05 Å². The van der Waals surface area contributed by atoms with Gasteiger partial charge in [0.25, 0.3) is 0 Å². The summed E-state index contributed by atoms with van der Waals surface area (Å²) in [6, 6.07) is -0.498. The van der Waals surface area contributed by atoms with Crippen molar-refractivity contribution in [3.63, 3.8) is 0 Å². The minimum Gasteiger partial charge on any atom is -0.465 e. The smallest absolute Gasteiger partial charge is 0.322 e. The van der Waals surface area contributed by atoms with E-state index in [1.54, 1.807) is 6.92 Å². The van der Waals surface area contributed by atoms with Crippen LogP contribution in [-0.4, -0.2) is 43.7 Å². The molecule has 1 unspecified atom stereocenters. The van der Waals surface area contributed by atoms with Gasteiger partial charge < -0.3 is 15.4 Å². The number of hydrogen-bond acceptors (Lipinski definition) is 4. The predicted octanol–water partition coefficient (Wildman–Crippen LogP) is 1.24. The molecule has 0 rings (SSSR count). The van der Waals surface area contributed by atoms with E-state index in [2.05, 4.69) is 25.7 Å². The van der Waals surface area contributed by atoms with Crippen LogP contribution in [0.25, 0.3) is 0 Å². The van der Waals surface area contributed by atoms with E-state index in [0.29, 0.717) is 13.0 Å². The SMILES string of the molecule is CCOC(=O)C(N)CCN(C)CC(C)(C)C. The molecule has 0 aliphatic rings. The van der Waals surface area contributed by atoms with E-state index >= 15 is 0 Å². The van der Waals surface area contributed by atoms with Crippen LogP contribution in [0.2, 0.25) is 0 Å². The van der Waals surface area contributed by atoms with Gasteiger partial charge in [0.05, 0.1) is 6.61 Å². The van der Waals surface area contributed by atoms with Crippen LogP contribution in [-0.2, 0) is 9.53 Å². The minimum atomic E-state index is -0.498. The van der Waals surface area contributed by atoms with Crippen LogP contribution < -0.4 is 5.73 Å². The average Bonchev–Trinajstić information content (AvgIpc) is 2.11. The summed E-state index contributed by atoms with van der Waals surface area (Å²) in [5, 5.41) is 0. The average molecular weight is 230 g/mol. The molecule has 0 aromatic heterocycles. The fourth-order valence-corrected chi connectivity index (χ4v) is 1.62. The number of esters is 1. The molecule has 0 saturated carbocycles. The third-order valence-electron chi connectivity index (χ3n) is 2.16. The number of ether oxygens (including phenoxy) is 1. The van der Waals surface area contributed by atoms with Gasteiger partial charge in [-0.3, -0.25) is 4.79 Å². The topological polar surface area (TPSA) is 55.6 Å². The van der Waals surface area contributed by atoms with E-state index < -0.39 is 6.04 Å². The summed E-state index contributed by atoms with van der Waals surface area (Å²) < 4.78 is 4.85. The zero-order valence-electron chi connectivity index (χ0n) is 11.2. The summed E-state index contributed by atoms with van der Waals surface area (Å²) in [6.07, 6.45) is 0.644. The lowest BCUT2D eigenvalue weighted by atomic mass is 9.96. The van der Waals surface area contributed by atoms with Crippen molar-refractivity contribution in [2.75, 3.05) is 26.7 Å². The Morgan fingerprint density at radius 2 is 2.00 bits per heavy atom. The molecular weight excluding hydrogens is 204 g/mol. The van der Waals surface area contributed by atoms with Gasteiger partial charge in [0.1, 0.15) is 6.04 Å². The van der Waals surface area contributed by atoms with E-state index in [4.69, 9.17) is 10.5 Å². The number of carbonyl (C=O) groups excluding carboxylic acids is 1. The fourth-order valence-electron chi connectivity index (χ4n) is 1.62. The summed E-state index contributed by atoms with van der Waals surface area (Å²) in [4.78, 5) is 13.5. The summed E-state index contributed by atoms with van der Waals surface area (Å²) >= 11 is 0. The number of hydrogen-bond donors (Lipinski definition) is 1. The molecule has 1 atom stereocenters. The van der Waals surface area contributed by atoms with Crippen LogP contribution in [0.15, 0.2) is 0 Å². The Morgan fingerprint density at radius 1 is 1.44 bits per heavy atom. The van der Waals surface area contributed by atoms with Gasteiger partial charge in [-0.15, -0.1) is 0 Å². The number of nitrogens with two attached hydrogens (primary N) is 1. The lowest BCUT2D eigenvalue weighted by molar-refractivity contribution is -0.144. The van der Waals surface area contributed by atoms with Gasteiger partial charge in [-0.05, 0) is 32.4 Å². The van der Waals surface area contributed by atoms with Gasteiger partial charge in [0, 0.05) is 6.54 Å². The van der Waals surface area contributed by atoms with Gasteiger partial charge in [-0.1, -0.05) is 20.8 Å². The molecule has 0 aromatic carbocycles. The maximum absolute atomic E-state index is 11.3. The molecule has 0 aromatic rings. The van der Waals surface area contributed by atoms with Crippen LogP contribution >= 0.6 is 0 Å². The number of carbonyl (C=O) groups is 1. The molecule has 0 saturated heterocycles. The zero-order valence-corrected chi connectivity index (χ0v) is 11.2. The Morgan fingerprint density at radius 3 is 2.44 bits per heavy atom. The van der Waals surface area contributed by atoms with Crippen molar-refractivity contribution in [3.05, 3.63) is 0 Å². The maximum atomic E-state index is 11.3. The summed E-state index contributed by atoms with van der Waals surface area (Å²) in [6.45, 7) is 10.6. The molecule has 16 heavy (non-hydrogen) atoms. The second-order valence-electron chi connectivity index (χ2n) is 5.45.